The number of hydrogen-bond acceptors (Lipinski definition) is 3. The molecular formula is C20H16ClF2N3O2. The third-order valence-corrected chi connectivity index (χ3v) is 6.16. The highest BCUT2D eigenvalue weighted by atomic mass is 35.5. The molecule has 1 amide bonds. The van der Waals surface area contributed by atoms with Crippen LogP contribution in [0.25, 0.3) is 11.0 Å². The molecule has 2 atom stereocenters. The average Bonchev–Trinajstić information content (AvgIpc) is 3.13. The number of aromatic nitrogens is 2. The Balaban J connectivity index is 1.86. The molecular weight excluding hydrogens is 388 g/mol. The van der Waals surface area contributed by atoms with Crippen LogP contribution in [0, 0.1) is 0 Å². The van der Waals surface area contributed by atoms with E-state index in [2.05, 4.69) is 0 Å². The van der Waals surface area contributed by atoms with Crippen LogP contribution < -0.4 is 4.74 Å². The van der Waals surface area contributed by atoms with E-state index in [1.165, 1.54) is 6.07 Å². The molecule has 0 radical (unpaired) electrons. The minimum atomic E-state index is -2.98. The number of fused-ring (bicyclic) bond motifs is 9. The molecule has 144 valence electrons. The molecule has 8 heteroatoms. The van der Waals surface area contributed by atoms with E-state index in [9.17, 15) is 13.6 Å². The molecule has 2 aliphatic rings. The van der Waals surface area contributed by atoms with Crippen molar-refractivity contribution in [1.29, 1.82) is 0 Å². The molecule has 0 unspecified atom stereocenters. The minimum Gasteiger partial charge on any atom is -0.434 e. The van der Waals surface area contributed by atoms with Gasteiger partial charge >= 0.3 is 6.61 Å². The second kappa shape index (κ2) is 5.67. The van der Waals surface area contributed by atoms with E-state index in [0.717, 1.165) is 11.0 Å². The number of alkyl halides is 2. The van der Waals surface area contributed by atoms with Crippen molar-refractivity contribution >= 4 is 28.5 Å². The fourth-order valence-electron chi connectivity index (χ4n) is 4.52. The van der Waals surface area contributed by atoms with E-state index in [0.29, 0.717) is 28.4 Å². The SMILES string of the molecule is CN1C(=O)c2cccc(OC(F)F)c2[C@H]2C[C@]1(C)c1nc3ccc(Cl)cc3n12. The molecule has 0 aliphatic carbocycles. The number of ether oxygens (including phenoxy) is 1. The van der Waals surface area contributed by atoms with Gasteiger partial charge in [-0.15, -0.1) is 0 Å². The summed E-state index contributed by atoms with van der Waals surface area (Å²) in [6.07, 6.45) is 0.511. The predicted octanol–water partition coefficient (Wildman–Crippen LogP) is 4.59. The molecule has 0 fully saturated rings. The third-order valence-electron chi connectivity index (χ3n) is 5.93. The molecule has 2 aliphatic heterocycles. The maximum atomic E-state index is 13.2. The van der Waals surface area contributed by atoms with E-state index in [-0.39, 0.29) is 17.7 Å². The van der Waals surface area contributed by atoms with Crippen LogP contribution in [0.4, 0.5) is 8.78 Å². The Morgan fingerprint density at radius 1 is 1.32 bits per heavy atom. The van der Waals surface area contributed by atoms with Gasteiger partial charge < -0.3 is 14.2 Å². The summed E-state index contributed by atoms with van der Waals surface area (Å²) in [6, 6.07) is 9.71. The Bertz CT molecular complexity index is 1150. The first-order chi connectivity index (χ1) is 13.3. The summed E-state index contributed by atoms with van der Waals surface area (Å²) in [6.45, 7) is -1.03. The van der Waals surface area contributed by atoms with Gasteiger partial charge in [0.2, 0.25) is 0 Å². The van der Waals surface area contributed by atoms with Gasteiger partial charge in [-0.3, -0.25) is 4.79 Å². The summed E-state index contributed by atoms with van der Waals surface area (Å²) in [4.78, 5) is 19.6. The van der Waals surface area contributed by atoms with Gasteiger partial charge in [0.05, 0.1) is 17.1 Å². The fraction of sp³-hybridized carbons (Fsp3) is 0.300. The van der Waals surface area contributed by atoms with Crippen molar-refractivity contribution in [3.05, 3.63) is 58.4 Å². The predicted molar refractivity (Wildman–Crippen MR) is 100 cm³/mol. The second-order valence-electron chi connectivity index (χ2n) is 7.39. The Morgan fingerprint density at radius 3 is 2.86 bits per heavy atom. The van der Waals surface area contributed by atoms with Gasteiger partial charge in [-0.05, 0) is 37.3 Å². The lowest BCUT2D eigenvalue weighted by Crippen LogP contribution is -2.43. The van der Waals surface area contributed by atoms with E-state index in [4.69, 9.17) is 21.3 Å². The Labute approximate surface area is 164 Å². The number of rotatable bonds is 2. The number of carbonyl (C=O) groups excluding carboxylic acids is 1. The van der Waals surface area contributed by atoms with E-state index >= 15 is 0 Å². The van der Waals surface area contributed by atoms with Gasteiger partial charge in [0.1, 0.15) is 17.1 Å². The summed E-state index contributed by atoms with van der Waals surface area (Å²) in [7, 11) is 1.72. The van der Waals surface area contributed by atoms with Gasteiger partial charge in [-0.25, -0.2) is 4.98 Å². The zero-order valence-corrected chi connectivity index (χ0v) is 15.9. The molecule has 3 heterocycles. The van der Waals surface area contributed by atoms with Crippen LogP contribution in [0.5, 0.6) is 5.75 Å². The molecule has 0 saturated carbocycles. The number of nitrogens with zero attached hydrogens (tertiary/aromatic N) is 3. The van der Waals surface area contributed by atoms with Crippen molar-refractivity contribution in [1.82, 2.24) is 14.5 Å². The quantitative estimate of drug-likeness (QED) is 0.629. The minimum absolute atomic E-state index is 0.0141. The second-order valence-corrected chi connectivity index (χ2v) is 7.83. The van der Waals surface area contributed by atoms with Crippen molar-refractivity contribution in [3.63, 3.8) is 0 Å². The lowest BCUT2D eigenvalue weighted by atomic mass is 9.93. The maximum absolute atomic E-state index is 13.2. The zero-order valence-electron chi connectivity index (χ0n) is 15.1. The van der Waals surface area contributed by atoms with Crippen LogP contribution in [-0.2, 0) is 5.54 Å². The highest BCUT2D eigenvalue weighted by molar-refractivity contribution is 6.31. The molecule has 5 rings (SSSR count). The highest BCUT2D eigenvalue weighted by Gasteiger charge is 2.52. The first-order valence-electron chi connectivity index (χ1n) is 8.85. The van der Waals surface area contributed by atoms with Gasteiger partial charge in [-0.2, -0.15) is 8.78 Å². The summed E-state index contributed by atoms with van der Waals surface area (Å²) in [5.41, 5.74) is 1.68. The first kappa shape index (κ1) is 17.4. The molecule has 3 aromatic rings. The van der Waals surface area contributed by atoms with Gasteiger partial charge in [0, 0.05) is 29.6 Å². The number of hydrogen-bond donors (Lipinski definition) is 0. The monoisotopic (exact) mass is 403 g/mol. The van der Waals surface area contributed by atoms with Crippen molar-refractivity contribution in [3.8, 4) is 5.75 Å². The highest BCUT2D eigenvalue weighted by Crippen LogP contribution is 2.52. The molecule has 28 heavy (non-hydrogen) atoms. The van der Waals surface area contributed by atoms with Crippen molar-refractivity contribution < 1.29 is 18.3 Å². The van der Waals surface area contributed by atoms with Gasteiger partial charge in [0.25, 0.3) is 5.91 Å². The van der Waals surface area contributed by atoms with Crippen LogP contribution >= 0.6 is 11.6 Å². The largest absolute Gasteiger partial charge is 0.434 e. The molecule has 1 aromatic heterocycles. The van der Waals surface area contributed by atoms with Crippen molar-refractivity contribution in [2.75, 3.05) is 7.05 Å². The summed E-state index contributed by atoms with van der Waals surface area (Å²) < 4.78 is 32.9. The summed E-state index contributed by atoms with van der Waals surface area (Å²) in [5.74, 6) is 0.486. The van der Waals surface area contributed by atoms with E-state index in [1.807, 2.05) is 23.6 Å². The van der Waals surface area contributed by atoms with Gasteiger partial charge in [-0.1, -0.05) is 17.7 Å². The molecule has 5 nitrogen and oxygen atoms in total. The van der Waals surface area contributed by atoms with Crippen molar-refractivity contribution in [2.24, 2.45) is 0 Å². The smallest absolute Gasteiger partial charge is 0.387 e. The molecule has 0 spiro atoms. The van der Waals surface area contributed by atoms with E-state index < -0.39 is 12.2 Å². The van der Waals surface area contributed by atoms with E-state index in [1.54, 1.807) is 30.1 Å². The Kier molecular flexibility index (Phi) is 3.53. The Hall–Kier alpha value is -2.67. The van der Waals surface area contributed by atoms with Crippen LogP contribution in [0.1, 0.15) is 41.1 Å². The third kappa shape index (κ3) is 2.16. The maximum Gasteiger partial charge on any atom is 0.387 e. The first-order valence-corrected chi connectivity index (χ1v) is 9.23. The Morgan fingerprint density at radius 2 is 2.11 bits per heavy atom. The lowest BCUT2D eigenvalue weighted by Gasteiger charge is -2.33. The normalized spacial score (nSPS) is 23.1. The molecule has 2 bridgehead atoms. The van der Waals surface area contributed by atoms with Gasteiger partial charge in [0.15, 0.2) is 0 Å². The van der Waals surface area contributed by atoms with Crippen molar-refractivity contribution in [2.45, 2.75) is 31.5 Å². The summed E-state index contributed by atoms with van der Waals surface area (Å²) in [5, 5.41) is 0.557. The van der Waals surface area contributed by atoms with Crippen LogP contribution in [-0.4, -0.2) is 34.0 Å². The lowest BCUT2D eigenvalue weighted by molar-refractivity contribution is -0.0507. The van der Waals surface area contributed by atoms with Crippen LogP contribution in [0.15, 0.2) is 36.4 Å². The molecule has 2 aromatic carbocycles. The summed E-state index contributed by atoms with van der Waals surface area (Å²) >= 11 is 6.21. The molecule has 0 saturated heterocycles. The fourth-order valence-corrected chi connectivity index (χ4v) is 4.68. The topological polar surface area (TPSA) is 47.4 Å². The standard InChI is InChI=1S/C20H16ClF2N3O2/c1-20-9-14(26-13-8-10(21)6-7-12(13)24-18(20)26)16-11(17(27)25(20)2)4-3-5-15(16)28-19(22)23/h3-8,14,19H,9H2,1-2H3/t14-,20-/m1/s1. The number of benzene rings is 2. The zero-order chi connectivity index (χ0) is 19.8. The van der Waals surface area contributed by atoms with Crippen LogP contribution in [0.2, 0.25) is 5.02 Å². The molecule has 0 N–H and O–H groups in total. The number of amides is 1. The van der Waals surface area contributed by atoms with Crippen LogP contribution in [0.3, 0.4) is 0 Å². The number of halogens is 3. The average molecular weight is 404 g/mol. The number of carbonyl (C=O) groups is 1. The number of imidazole rings is 1.